The molecule has 0 bridgehead atoms. The first kappa shape index (κ1) is 19.8. The molecule has 0 radical (unpaired) electrons. The molecule has 3 aromatic rings. The maximum absolute atomic E-state index is 14.3. The van der Waals surface area contributed by atoms with E-state index in [2.05, 4.69) is 15.3 Å². The maximum atomic E-state index is 14.3. The fourth-order valence-corrected chi connectivity index (χ4v) is 4.14. The highest BCUT2D eigenvalue weighted by Gasteiger charge is 2.29. The largest absolute Gasteiger partial charge is 0.493 e. The number of anilines is 1. The number of nitrogens with zero attached hydrogens (tertiary/aromatic N) is 4. The van der Waals surface area contributed by atoms with Crippen molar-refractivity contribution < 1.29 is 13.9 Å². The third kappa shape index (κ3) is 4.06. The van der Waals surface area contributed by atoms with E-state index >= 15 is 0 Å². The van der Waals surface area contributed by atoms with Crippen LogP contribution in [0.4, 0.5) is 10.2 Å². The van der Waals surface area contributed by atoms with E-state index in [1.165, 1.54) is 6.07 Å². The normalized spacial score (nSPS) is 18.5. The van der Waals surface area contributed by atoms with E-state index in [0.717, 1.165) is 50.0 Å². The molecule has 1 N–H and O–H groups in total. The van der Waals surface area contributed by atoms with Crippen LogP contribution in [0.1, 0.15) is 61.0 Å². The monoisotopic (exact) mass is 423 g/mol. The van der Waals surface area contributed by atoms with Gasteiger partial charge in [-0.3, -0.25) is 4.79 Å². The molecule has 0 spiro atoms. The van der Waals surface area contributed by atoms with Crippen LogP contribution >= 0.6 is 0 Å². The molecule has 1 aromatic carbocycles. The molecule has 2 aromatic heterocycles. The number of halogens is 1. The van der Waals surface area contributed by atoms with Gasteiger partial charge in [0.25, 0.3) is 5.91 Å². The first-order chi connectivity index (χ1) is 15.1. The number of amides is 1. The Morgan fingerprint density at radius 1 is 1.29 bits per heavy atom. The molecule has 3 heterocycles. The van der Waals surface area contributed by atoms with E-state index in [4.69, 9.17) is 9.72 Å². The van der Waals surface area contributed by atoms with Gasteiger partial charge in [-0.15, -0.1) is 0 Å². The lowest BCUT2D eigenvalue weighted by molar-refractivity contribution is 0.0952. The van der Waals surface area contributed by atoms with Gasteiger partial charge in [0.15, 0.2) is 5.65 Å². The zero-order valence-corrected chi connectivity index (χ0v) is 17.6. The second-order valence-electron chi connectivity index (χ2n) is 8.28. The van der Waals surface area contributed by atoms with Crippen LogP contribution in [-0.4, -0.2) is 39.7 Å². The average molecular weight is 423 g/mol. The van der Waals surface area contributed by atoms with Crippen molar-refractivity contribution in [2.75, 3.05) is 18.1 Å². The zero-order chi connectivity index (χ0) is 21.4. The highest BCUT2D eigenvalue weighted by atomic mass is 19.1. The second kappa shape index (κ2) is 8.17. The Morgan fingerprint density at radius 3 is 2.97 bits per heavy atom. The van der Waals surface area contributed by atoms with Crippen molar-refractivity contribution >= 4 is 17.4 Å². The summed E-state index contributed by atoms with van der Waals surface area (Å²) in [6, 6.07) is 7.10. The van der Waals surface area contributed by atoms with Gasteiger partial charge in [-0.1, -0.05) is 6.92 Å². The van der Waals surface area contributed by atoms with Crippen molar-refractivity contribution in [1.82, 2.24) is 19.9 Å². The number of fused-ring (bicyclic) bond motifs is 1. The summed E-state index contributed by atoms with van der Waals surface area (Å²) in [4.78, 5) is 19.5. The lowest BCUT2D eigenvalue weighted by atomic mass is 10.0. The summed E-state index contributed by atoms with van der Waals surface area (Å²) >= 11 is 0. The topological polar surface area (TPSA) is 71.8 Å². The molecule has 1 aliphatic carbocycles. The van der Waals surface area contributed by atoms with E-state index in [0.29, 0.717) is 23.6 Å². The molecule has 2 aliphatic rings. The summed E-state index contributed by atoms with van der Waals surface area (Å²) in [7, 11) is 0. The number of nitrogens with one attached hydrogen (secondary N) is 1. The third-order valence-electron chi connectivity index (χ3n) is 5.81. The Hall–Kier alpha value is -3.16. The van der Waals surface area contributed by atoms with Crippen molar-refractivity contribution in [1.29, 1.82) is 0 Å². The minimum atomic E-state index is -0.298. The highest BCUT2D eigenvalue weighted by Crippen LogP contribution is 2.37. The van der Waals surface area contributed by atoms with Gasteiger partial charge >= 0.3 is 0 Å². The molecule has 1 aliphatic heterocycles. The number of aromatic nitrogens is 3. The summed E-state index contributed by atoms with van der Waals surface area (Å²) in [6.07, 6.45) is 8.18. The van der Waals surface area contributed by atoms with Crippen molar-refractivity contribution in [2.24, 2.45) is 0 Å². The summed E-state index contributed by atoms with van der Waals surface area (Å²) in [5.41, 5.74) is 1.89. The minimum Gasteiger partial charge on any atom is -0.493 e. The number of rotatable bonds is 7. The van der Waals surface area contributed by atoms with Crippen LogP contribution in [0.2, 0.25) is 0 Å². The number of carbonyl (C=O) groups excluding carboxylic acids is 1. The zero-order valence-electron chi connectivity index (χ0n) is 17.6. The van der Waals surface area contributed by atoms with Crippen LogP contribution in [0.25, 0.3) is 5.65 Å². The summed E-state index contributed by atoms with van der Waals surface area (Å²) in [6.45, 7) is 3.39. The second-order valence-corrected chi connectivity index (χ2v) is 8.28. The summed E-state index contributed by atoms with van der Waals surface area (Å²) in [5, 5.41) is 7.27. The predicted molar refractivity (Wildman–Crippen MR) is 115 cm³/mol. The van der Waals surface area contributed by atoms with Gasteiger partial charge in [-0.2, -0.15) is 5.10 Å². The first-order valence-electron chi connectivity index (χ1n) is 11.0. The van der Waals surface area contributed by atoms with Gasteiger partial charge in [-0.05, 0) is 55.9 Å². The Morgan fingerprint density at radius 2 is 2.16 bits per heavy atom. The molecule has 1 saturated heterocycles. The van der Waals surface area contributed by atoms with E-state index in [-0.39, 0.29) is 23.8 Å². The third-order valence-corrected chi connectivity index (χ3v) is 5.81. The van der Waals surface area contributed by atoms with Crippen molar-refractivity contribution in [2.45, 2.75) is 51.1 Å². The predicted octanol–water partition coefficient (Wildman–Crippen LogP) is 3.89. The number of carbonyl (C=O) groups is 1. The quantitative estimate of drug-likeness (QED) is 0.624. The standard InChI is InChI=1S/C23H26FN5O2/c1-2-10-31-18-12-15(11-16(24)13-18)20-4-3-8-28(20)21-7-9-29-22(27-21)19(14-25-29)23(30)26-17-5-6-17/h7,9,11-14,17,20H,2-6,8,10H2,1H3,(H,26,30)/t20-/m1/s1. The average Bonchev–Trinajstić information content (AvgIpc) is 3.27. The Labute approximate surface area is 180 Å². The van der Waals surface area contributed by atoms with Gasteiger partial charge in [0.05, 0.1) is 18.8 Å². The van der Waals surface area contributed by atoms with E-state index in [9.17, 15) is 9.18 Å². The molecule has 8 heteroatoms. The Balaban J connectivity index is 1.45. The van der Waals surface area contributed by atoms with Crippen LogP contribution in [0.5, 0.6) is 5.75 Å². The molecule has 0 unspecified atom stereocenters. The fraction of sp³-hybridized carbons (Fsp3) is 0.435. The molecule has 1 saturated carbocycles. The smallest absolute Gasteiger partial charge is 0.256 e. The number of benzene rings is 1. The van der Waals surface area contributed by atoms with Crippen LogP contribution < -0.4 is 15.0 Å². The molecular formula is C23H26FN5O2. The number of hydrogen-bond acceptors (Lipinski definition) is 5. The summed E-state index contributed by atoms with van der Waals surface area (Å²) in [5.74, 6) is 0.884. The van der Waals surface area contributed by atoms with E-state index < -0.39 is 0 Å². The lowest BCUT2D eigenvalue weighted by Gasteiger charge is -2.26. The van der Waals surface area contributed by atoms with Gasteiger partial charge in [-0.25, -0.2) is 13.9 Å². The first-order valence-corrected chi connectivity index (χ1v) is 11.0. The molecule has 2 fully saturated rings. The van der Waals surface area contributed by atoms with Gasteiger partial charge in [0.1, 0.15) is 22.9 Å². The van der Waals surface area contributed by atoms with Crippen LogP contribution in [0.3, 0.4) is 0 Å². The Kier molecular flexibility index (Phi) is 5.21. The molecule has 1 amide bonds. The van der Waals surface area contributed by atoms with Crippen LogP contribution in [0.15, 0.2) is 36.7 Å². The number of ether oxygens (including phenoxy) is 1. The van der Waals surface area contributed by atoms with E-state index in [1.54, 1.807) is 16.8 Å². The molecule has 162 valence electrons. The molecule has 5 rings (SSSR count). The lowest BCUT2D eigenvalue weighted by Crippen LogP contribution is -2.26. The van der Waals surface area contributed by atoms with Gasteiger partial charge in [0.2, 0.25) is 0 Å². The summed E-state index contributed by atoms with van der Waals surface area (Å²) < 4.78 is 21.6. The maximum Gasteiger partial charge on any atom is 0.256 e. The SMILES string of the molecule is CCCOc1cc(F)cc([C@H]2CCCN2c2ccn3ncc(C(=O)NC4CC4)c3n2)c1. The van der Waals surface area contributed by atoms with Gasteiger partial charge in [0, 0.05) is 24.8 Å². The fourth-order valence-electron chi connectivity index (χ4n) is 4.14. The number of hydrogen-bond donors (Lipinski definition) is 1. The molecule has 7 nitrogen and oxygen atoms in total. The van der Waals surface area contributed by atoms with Crippen LogP contribution in [0, 0.1) is 5.82 Å². The Bertz CT molecular complexity index is 1110. The van der Waals surface area contributed by atoms with Gasteiger partial charge < -0.3 is 15.0 Å². The molecular weight excluding hydrogens is 397 g/mol. The van der Waals surface area contributed by atoms with Crippen LogP contribution in [-0.2, 0) is 0 Å². The van der Waals surface area contributed by atoms with Crippen molar-refractivity contribution in [3.8, 4) is 5.75 Å². The van der Waals surface area contributed by atoms with Crippen molar-refractivity contribution in [3.05, 3.63) is 53.6 Å². The molecule has 31 heavy (non-hydrogen) atoms. The highest BCUT2D eigenvalue weighted by molar-refractivity contribution is 6.00. The van der Waals surface area contributed by atoms with Crippen molar-refractivity contribution in [3.63, 3.8) is 0 Å². The minimum absolute atomic E-state index is 0.00119. The van der Waals surface area contributed by atoms with E-state index in [1.807, 2.05) is 25.3 Å². The molecule has 1 atom stereocenters.